The summed E-state index contributed by atoms with van der Waals surface area (Å²) in [5.74, 6) is 1.97. The lowest BCUT2D eigenvalue weighted by atomic mass is 9.84. The lowest BCUT2D eigenvalue weighted by molar-refractivity contribution is 0.0173. The second-order valence-electron chi connectivity index (χ2n) is 8.09. The standard InChI is InChI=1S/C22H37N5S.HI/c1-23-21(24-13-18-28-20-9-5-3-6-10-20)25-19-22(11-16-26(2)17-12-22)27-14-7-4-8-15-27;/h3,5-6,9-10H,4,7-8,11-19H2,1-2H3,(H2,23,24,25);1H. The molecule has 0 bridgehead atoms. The highest BCUT2D eigenvalue weighted by molar-refractivity contribution is 14.0. The zero-order valence-corrected chi connectivity index (χ0v) is 21.2. The van der Waals surface area contributed by atoms with Crippen LogP contribution in [-0.2, 0) is 0 Å². The quantitative estimate of drug-likeness (QED) is 0.185. The molecule has 3 rings (SSSR count). The molecule has 0 saturated carbocycles. The van der Waals surface area contributed by atoms with Gasteiger partial charge >= 0.3 is 0 Å². The molecule has 1 aromatic rings. The third-order valence-corrected chi connectivity index (χ3v) is 7.17. The van der Waals surface area contributed by atoms with Crippen LogP contribution in [0.1, 0.15) is 32.1 Å². The Morgan fingerprint density at radius 2 is 1.72 bits per heavy atom. The van der Waals surface area contributed by atoms with Crippen molar-refractivity contribution in [1.82, 2.24) is 20.4 Å². The van der Waals surface area contributed by atoms with E-state index in [0.29, 0.717) is 0 Å². The van der Waals surface area contributed by atoms with Gasteiger partial charge < -0.3 is 15.5 Å². The molecule has 7 heteroatoms. The van der Waals surface area contributed by atoms with E-state index in [9.17, 15) is 0 Å². The SMILES string of the molecule is CN=C(NCCSc1ccccc1)NCC1(N2CCCCC2)CCN(C)CC1.I. The van der Waals surface area contributed by atoms with E-state index >= 15 is 0 Å². The molecule has 0 aromatic heterocycles. The molecule has 5 nitrogen and oxygen atoms in total. The van der Waals surface area contributed by atoms with E-state index < -0.39 is 0 Å². The van der Waals surface area contributed by atoms with Crippen molar-refractivity contribution in [2.75, 3.05) is 59.1 Å². The Balaban J connectivity index is 0.00000300. The van der Waals surface area contributed by atoms with Crippen LogP contribution in [0.4, 0.5) is 0 Å². The molecule has 164 valence electrons. The van der Waals surface area contributed by atoms with Crippen LogP contribution in [0.2, 0.25) is 0 Å². The summed E-state index contributed by atoms with van der Waals surface area (Å²) in [6.07, 6.45) is 6.58. The van der Waals surface area contributed by atoms with Crippen LogP contribution in [0.3, 0.4) is 0 Å². The molecule has 2 heterocycles. The molecule has 1 aromatic carbocycles. The Kier molecular flexibility index (Phi) is 11.1. The predicted molar refractivity (Wildman–Crippen MR) is 137 cm³/mol. The third-order valence-electron chi connectivity index (χ3n) is 6.16. The summed E-state index contributed by atoms with van der Waals surface area (Å²) < 4.78 is 0. The van der Waals surface area contributed by atoms with E-state index in [-0.39, 0.29) is 29.5 Å². The van der Waals surface area contributed by atoms with Crippen molar-refractivity contribution in [2.45, 2.75) is 42.5 Å². The van der Waals surface area contributed by atoms with Crippen molar-refractivity contribution in [3.05, 3.63) is 30.3 Å². The fraction of sp³-hybridized carbons (Fsp3) is 0.682. The summed E-state index contributed by atoms with van der Waals surface area (Å²) in [6.45, 7) is 6.80. The highest BCUT2D eigenvalue weighted by Gasteiger charge is 2.39. The average molecular weight is 532 g/mol. The first-order valence-electron chi connectivity index (χ1n) is 10.8. The predicted octanol–water partition coefficient (Wildman–Crippen LogP) is 3.51. The van der Waals surface area contributed by atoms with Gasteiger partial charge in [0.05, 0.1) is 0 Å². The van der Waals surface area contributed by atoms with Gasteiger partial charge in [0.1, 0.15) is 0 Å². The van der Waals surface area contributed by atoms with Gasteiger partial charge in [0.2, 0.25) is 0 Å². The molecule has 2 aliphatic heterocycles. The molecule has 2 N–H and O–H groups in total. The van der Waals surface area contributed by atoms with Crippen LogP contribution in [0.25, 0.3) is 0 Å². The van der Waals surface area contributed by atoms with Gasteiger partial charge in [-0.15, -0.1) is 35.7 Å². The van der Waals surface area contributed by atoms with E-state index in [0.717, 1.165) is 24.8 Å². The summed E-state index contributed by atoms with van der Waals surface area (Å²) in [6, 6.07) is 10.6. The average Bonchev–Trinajstić information content (AvgIpc) is 2.76. The number of aliphatic imine (C=N–C) groups is 1. The minimum Gasteiger partial charge on any atom is -0.356 e. The summed E-state index contributed by atoms with van der Waals surface area (Å²) >= 11 is 1.88. The molecule has 0 radical (unpaired) electrons. The molecule has 2 fully saturated rings. The number of likely N-dealkylation sites (tertiary alicyclic amines) is 2. The zero-order valence-electron chi connectivity index (χ0n) is 18.0. The maximum Gasteiger partial charge on any atom is 0.191 e. The van der Waals surface area contributed by atoms with E-state index in [1.54, 1.807) is 0 Å². The Morgan fingerprint density at radius 1 is 1.03 bits per heavy atom. The van der Waals surface area contributed by atoms with Crippen LogP contribution in [-0.4, -0.2) is 80.4 Å². The largest absolute Gasteiger partial charge is 0.356 e. The molecule has 2 saturated heterocycles. The molecule has 0 atom stereocenters. The van der Waals surface area contributed by atoms with Crippen LogP contribution in [0.15, 0.2) is 40.2 Å². The van der Waals surface area contributed by atoms with Crippen molar-refractivity contribution in [2.24, 2.45) is 4.99 Å². The van der Waals surface area contributed by atoms with Gasteiger partial charge in [-0.1, -0.05) is 24.6 Å². The van der Waals surface area contributed by atoms with Gasteiger partial charge in [-0.2, -0.15) is 0 Å². The van der Waals surface area contributed by atoms with E-state index in [1.165, 1.54) is 63.2 Å². The minimum atomic E-state index is 0. The van der Waals surface area contributed by atoms with Crippen LogP contribution >= 0.6 is 35.7 Å². The maximum atomic E-state index is 4.46. The van der Waals surface area contributed by atoms with Crippen molar-refractivity contribution in [3.63, 3.8) is 0 Å². The van der Waals surface area contributed by atoms with Crippen molar-refractivity contribution in [3.8, 4) is 0 Å². The maximum absolute atomic E-state index is 4.46. The number of piperidine rings is 2. The van der Waals surface area contributed by atoms with Crippen molar-refractivity contribution >= 4 is 41.7 Å². The number of benzene rings is 1. The van der Waals surface area contributed by atoms with E-state index in [1.807, 2.05) is 18.8 Å². The molecule has 0 amide bonds. The fourth-order valence-electron chi connectivity index (χ4n) is 4.33. The van der Waals surface area contributed by atoms with Gasteiger partial charge in [0.15, 0.2) is 5.96 Å². The summed E-state index contributed by atoms with van der Waals surface area (Å²) in [5.41, 5.74) is 0.281. The van der Waals surface area contributed by atoms with Gasteiger partial charge in [0, 0.05) is 36.3 Å². The highest BCUT2D eigenvalue weighted by Crippen LogP contribution is 2.30. The number of guanidine groups is 1. The molecular formula is C22H38IN5S. The summed E-state index contributed by atoms with van der Waals surface area (Å²) in [7, 11) is 4.13. The molecular weight excluding hydrogens is 493 g/mol. The summed E-state index contributed by atoms with van der Waals surface area (Å²) in [5, 5.41) is 7.16. The van der Waals surface area contributed by atoms with E-state index in [4.69, 9.17) is 0 Å². The van der Waals surface area contributed by atoms with Crippen LogP contribution in [0, 0.1) is 0 Å². The number of nitrogens with zero attached hydrogens (tertiary/aromatic N) is 3. The first-order valence-corrected chi connectivity index (χ1v) is 11.8. The molecule has 2 aliphatic rings. The Labute approximate surface area is 198 Å². The monoisotopic (exact) mass is 531 g/mol. The van der Waals surface area contributed by atoms with Gasteiger partial charge in [-0.3, -0.25) is 9.89 Å². The second-order valence-corrected chi connectivity index (χ2v) is 9.26. The van der Waals surface area contributed by atoms with Crippen molar-refractivity contribution < 1.29 is 0 Å². The highest BCUT2D eigenvalue weighted by atomic mass is 127. The molecule has 0 aliphatic carbocycles. The number of nitrogens with one attached hydrogen (secondary N) is 2. The van der Waals surface area contributed by atoms with Crippen LogP contribution in [0.5, 0.6) is 0 Å². The topological polar surface area (TPSA) is 42.9 Å². The molecule has 29 heavy (non-hydrogen) atoms. The smallest absolute Gasteiger partial charge is 0.191 e. The lowest BCUT2D eigenvalue weighted by Crippen LogP contribution is -2.62. The van der Waals surface area contributed by atoms with Gasteiger partial charge in [-0.05, 0) is 71.0 Å². The first-order chi connectivity index (χ1) is 13.7. The van der Waals surface area contributed by atoms with Crippen molar-refractivity contribution in [1.29, 1.82) is 0 Å². The number of thioether (sulfide) groups is 1. The van der Waals surface area contributed by atoms with E-state index in [2.05, 4.69) is 62.8 Å². The minimum absolute atomic E-state index is 0. The van der Waals surface area contributed by atoms with Gasteiger partial charge in [0.25, 0.3) is 0 Å². The lowest BCUT2D eigenvalue weighted by Gasteiger charge is -2.50. The fourth-order valence-corrected chi connectivity index (χ4v) is 5.12. The first kappa shape index (κ1) is 24.8. The molecule has 0 unspecified atom stereocenters. The molecule has 0 spiro atoms. The normalized spacial score (nSPS) is 20.7. The number of hydrogen-bond donors (Lipinski definition) is 2. The zero-order chi connectivity index (χ0) is 19.7. The summed E-state index contributed by atoms with van der Waals surface area (Å²) in [4.78, 5) is 11.0. The Bertz CT molecular complexity index is 598. The number of halogens is 1. The number of rotatable bonds is 7. The van der Waals surface area contributed by atoms with Crippen LogP contribution < -0.4 is 10.6 Å². The third kappa shape index (κ3) is 7.60. The number of hydrogen-bond acceptors (Lipinski definition) is 4. The Morgan fingerprint density at radius 3 is 2.38 bits per heavy atom. The second kappa shape index (κ2) is 13.0. The Hall–Kier alpha value is -0.510. The van der Waals surface area contributed by atoms with Gasteiger partial charge in [-0.25, -0.2) is 0 Å².